The Kier molecular flexibility index (Phi) is 6.74. The second-order valence-corrected chi connectivity index (χ2v) is 7.05. The lowest BCUT2D eigenvalue weighted by Crippen LogP contribution is -2.14. The number of nitriles is 1. The zero-order valence-electron chi connectivity index (χ0n) is 15.8. The number of anilines is 1. The van der Waals surface area contributed by atoms with Crippen LogP contribution in [-0.2, 0) is 10.0 Å². The number of allylic oxidation sites excluding steroid dienone is 1. The van der Waals surface area contributed by atoms with Gasteiger partial charge in [0, 0.05) is 17.3 Å². The van der Waals surface area contributed by atoms with Crippen LogP contribution in [0.5, 0.6) is 23.0 Å². The van der Waals surface area contributed by atoms with E-state index in [0.29, 0.717) is 34.2 Å². The van der Waals surface area contributed by atoms with Gasteiger partial charge in [0.25, 0.3) is 10.0 Å². The Balaban J connectivity index is 2.45. The molecule has 0 bridgehead atoms. The number of hydrogen-bond acceptors (Lipinski definition) is 7. The molecule has 0 spiro atoms. The van der Waals surface area contributed by atoms with Crippen LogP contribution >= 0.6 is 0 Å². The Labute approximate surface area is 164 Å². The molecule has 9 heteroatoms. The van der Waals surface area contributed by atoms with Gasteiger partial charge in [-0.1, -0.05) is 0 Å². The molecular formula is C19H20N2O6S. The largest absolute Gasteiger partial charge is 0.497 e. The van der Waals surface area contributed by atoms with E-state index in [0.717, 1.165) is 0 Å². The number of nitrogens with one attached hydrogen (secondary N) is 1. The molecule has 28 heavy (non-hydrogen) atoms. The average Bonchev–Trinajstić information content (AvgIpc) is 2.71. The summed E-state index contributed by atoms with van der Waals surface area (Å²) in [5.74, 6) is 1.68. The third-order valence-corrected chi connectivity index (χ3v) is 5.06. The average molecular weight is 404 g/mol. The summed E-state index contributed by atoms with van der Waals surface area (Å²) in [5.41, 5.74) is 0.637. The predicted octanol–water partition coefficient (Wildman–Crippen LogP) is 3.03. The Hall–Kier alpha value is -3.38. The summed E-state index contributed by atoms with van der Waals surface area (Å²) in [6.45, 7) is 0. The van der Waals surface area contributed by atoms with E-state index in [2.05, 4.69) is 4.72 Å². The SMILES string of the molecule is COc1ccc(NS(=O)(=O)/C(C#N)=C/c2cc(OC)c(OC)cc2OC)cc1. The van der Waals surface area contributed by atoms with Gasteiger partial charge in [0.1, 0.15) is 17.6 Å². The standard InChI is InChI=1S/C19H20N2O6S/c1-24-15-7-5-14(6-8-15)21-28(22,23)16(12-20)9-13-10-18(26-3)19(27-4)11-17(13)25-2/h5-11,21H,1-4H3/b16-9+. The van der Waals surface area contributed by atoms with E-state index < -0.39 is 14.9 Å². The molecule has 0 saturated heterocycles. The Morgan fingerprint density at radius 1 is 0.929 bits per heavy atom. The second-order valence-electron chi connectivity index (χ2n) is 5.40. The molecule has 0 aliphatic carbocycles. The van der Waals surface area contributed by atoms with Crippen LogP contribution < -0.4 is 23.7 Å². The van der Waals surface area contributed by atoms with Crippen molar-refractivity contribution in [3.8, 4) is 29.1 Å². The quantitative estimate of drug-likeness (QED) is 0.674. The fourth-order valence-electron chi connectivity index (χ4n) is 2.35. The molecule has 0 radical (unpaired) electrons. The Bertz CT molecular complexity index is 1010. The number of hydrogen-bond donors (Lipinski definition) is 1. The molecule has 2 aromatic rings. The van der Waals surface area contributed by atoms with Gasteiger partial charge >= 0.3 is 0 Å². The Morgan fingerprint density at radius 3 is 2.00 bits per heavy atom. The van der Waals surface area contributed by atoms with Crippen LogP contribution in [0.1, 0.15) is 5.56 Å². The van der Waals surface area contributed by atoms with E-state index in [1.165, 1.54) is 52.7 Å². The number of sulfonamides is 1. The van der Waals surface area contributed by atoms with Crippen molar-refractivity contribution in [2.45, 2.75) is 0 Å². The minimum atomic E-state index is -4.12. The molecule has 0 fully saturated rings. The minimum absolute atomic E-state index is 0.293. The summed E-state index contributed by atoms with van der Waals surface area (Å²) >= 11 is 0. The summed E-state index contributed by atoms with van der Waals surface area (Å²) in [5, 5.41) is 9.42. The third kappa shape index (κ3) is 4.66. The lowest BCUT2D eigenvalue weighted by Gasteiger charge is -2.13. The topological polar surface area (TPSA) is 107 Å². The molecule has 0 aliphatic heterocycles. The van der Waals surface area contributed by atoms with E-state index in [9.17, 15) is 13.7 Å². The number of benzene rings is 2. The predicted molar refractivity (Wildman–Crippen MR) is 105 cm³/mol. The third-order valence-electron chi connectivity index (χ3n) is 3.76. The fourth-order valence-corrected chi connectivity index (χ4v) is 3.30. The van der Waals surface area contributed by atoms with Crippen LogP contribution in [0, 0.1) is 11.3 Å². The summed E-state index contributed by atoms with van der Waals surface area (Å²) in [6.07, 6.45) is 1.20. The zero-order chi connectivity index (χ0) is 20.7. The van der Waals surface area contributed by atoms with Gasteiger partial charge < -0.3 is 18.9 Å². The molecule has 148 valence electrons. The van der Waals surface area contributed by atoms with Gasteiger partial charge in [0.05, 0.1) is 28.4 Å². The highest BCUT2D eigenvalue weighted by atomic mass is 32.2. The van der Waals surface area contributed by atoms with E-state index in [1.54, 1.807) is 24.3 Å². The van der Waals surface area contributed by atoms with Crippen molar-refractivity contribution in [1.82, 2.24) is 0 Å². The maximum absolute atomic E-state index is 12.6. The van der Waals surface area contributed by atoms with Crippen molar-refractivity contribution in [3.63, 3.8) is 0 Å². The zero-order valence-corrected chi connectivity index (χ0v) is 16.7. The first kappa shape index (κ1) is 20.9. The number of ether oxygens (including phenoxy) is 4. The summed E-state index contributed by atoms with van der Waals surface area (Å²) in [6, 6.07) is 11.0. The molecule has 8 nitrogen and oxygen atoms in total. The molecule has 0 aliphatic rings. The monoisotopic (exact) mass is 404 g/mol. The van der Waals surface area contributed by atoms with Crippen molar-refractivity contribution in [2.24, 2.45) is 0 Å². The molecule has 0 saturated carbocycles. The highest BCUT2D eigenvalue weighted by molar-refractivity contribution is 7.96. The van der Waals surface area contributed by atoms with Gasteiger partial charge in [-0.25, -0.2) is 8.42 Å². The van der Waals surface area contributed by atoms with Crippen molar-refractivity contribution in [2.75, 3.05) is 33.2 Å². The molecule has 1 N–H and O–H groups in total. The van der Waals surface area contributed by atoms with Crippen LogP contribution in [0.3, 0.4) is 0 Å². The molecule has 0 aromatic heterocycles. The van der Waals surface area contributed by atoms with E-state index in [4.69, 9.17) is 18.9 Å². The first-order valence-electron chi connectivity index (χ1n) is 7.97. The summed E-state index contributed by atoms with van der Waals surface area (Å²) in [4.78, 5) is -0.492. The van der Waals surface area contributed by atoms with E-state index in [-0.39, 0.29) is 0 Å². The number of nitrogens with zero attached hydrogens (tertiary/aromatic N) is 1. The molecule has 2 rings (SSSR count). The van der Waals surface area contributed by atoms with E-state index in [1.807, 2.05) is 0 Å². The van der Waals surface area contributed by atoms with Gasteiger partial charge in [-0.3, -0.25) is 4.72 Å². The number of methoxy groups -OCH3 is 4. The lowest BCUT2D eigenvalue weighted by atomic mass is 10.1. The normalized spacial score (nSPS) is 11.3. The fraction of sp³-hybridized carbons (Fsp3) is 0.211. The Morgan fingerprint density at radius 2 is 1.50 bits per heavy atom. The maximum Gasteiger partial charge on any atom is 0.272 e. The molecule has 2 aromatic carbocycles. The van der Waals surface area contributed by atoms with Crippen LogP contribution in [-0.4, -0.2) is 36.9 Å². The molecule has 0 unspecified atom stereocenters. The van der Waals surface area contributed by atoms with Gasteiger partial charge in [-0.05, 0) is 36.4 Å². The maximum atomic E-state index is 12.6. The summed E-state index contributed by atoms with van der Waals surface area (Å²) in [7, 11) is 1.73. The second kappa shape index (κ2) is 9.01. The van der Waals surface area contributed by atoms with Crippen LogP contribution in [0.15, 0.2) is 41.3 Å². The highest BCUT2D eigenvalue weighted by Crippen LogP contribution is 2.36. The van der Waals surface area contributed by atoms with Crippen molar-refractivity contribution in [1.29, 1.82) is 5.26 Å². The van der Waals surface area contributed by atoms with Gasteiger partial charge in [-0.2, -0.15) is 5.26 Å². The minimum Gasteiger partial charge on any atom is -0.497 e. The molecular weight excluding hydrogens is 384 g/mol. The van der Waals surface area contributed by atoms with Crippen LogP contribution in [0.2, 0.25) is 0 Å². The summed E-state index contributed by atoms with van der Waals surface area (Å²) < 4.78 is 48.4. The lowest BCUT2D eigenvalue weighted by molar-refractivity contribution is 0.348. The van der Waals surface area contributed by atoms with Gasteiger partial charge in [-0.15, -0.1) is 0 Å². The van der Waals surface area contributed by atoms with Crippen LogP contribution in [0.25, 0.3) is 6.08 Å². The first-order valence-corrected chi connectivity index (χ1v) is 9.45. The first-order chi connectivity index (χ1) is 13.4. The van der Waals surface area contributed by atoms with Gasteiger partial charge in [0.15, 0.2) is 16.4 Å². The molecule has 0 atom stereocenters. The van der Waals surface area contributed by atoms with E-state index >= 15 is 0 Å². The van der Waals surface area contributed by atoms with Crippen LogP contribution in [0.4, 0.5) is 5.69 Å². The molecule has 0 heterocycles. The van der Waals surface area contributed by atoms with Crippen molar-refractivity contribution < 1.29 is 27.4 Å². The number of rotatable bonds is 8. The van der Waals surface area contributed by atoms with Crippen molar-refractivity contribution >= 4 is 21.8 Å². The van der Waals surface area contributed by atoms with Gasteiger partial charge in [0.2, 0.25) is 0 Å². The van der Waals surface area contributed by atoms with Crippen molar-refractivity contribution in [3.05, 3.63) is 46.9 Å². The highest BCUT2D eigenvalue weighted by Gasteiger charge is 2.20. The molecule has 0 amide bonds. The smallest absolute Gasteiger partial charge is 0.272 e.